The first kappa shape index (κ1) is 16.1. The van der Waals surface area contributed by atoms with Gasteiger partial charge in [0.05, 0.1) is 6.07 Å². The van der Waals surface area contributed by atoms with E-state index in [0.29, 0.717) is 0 Å². The van der Waals surface area contributed by atoms with Crippen molar-refractivity contribution in [1.29, 1.82) is 0 Å². The van der Waals surface area contributed by atoms with E-state index in [2.05, 4.69) is 15.9 Å². The Hall–Kier alpha value is -0.960. The molecule has 1 aromatic carbocycles. The van der Waals surface area contributed by atoms with E-state index in [0.717, 1.165) is 21.5 Å². The Morgan fingerprint density at radius 2 is 1.58 bits per heavy atom. The van der Waals surface area contributed by atoms with Crippen LogP contribution >= 0.6 is 15.9 Å². The minimum Gasteiger partial charge on any atom is -0.236 e. The monoisotopic (exact) mass is 351 g/mol. The van der Waals surface area contributed by atoms with E-state index in [1.54, 1.807) is 4.74 Å². The van der Waals surface area contributed by atoms with Gasteiger partial charge in [-0.3, -0.25) is 0 Å². The zero-order valence-electron chi connectivity index (χ0n) is 10.1. The molecule has 0 saturated carbocycles. The number of hydrogen-bond donors (Lipinski definition) is 0. The summed E-state index contributed by atoms with van der Waals surface area (Å²) >= 11 is 3.40. The van der Waals surface area contributed by atoms with Gasteiger partial charge in [-0.25, -0.2) is 23.2 Å². The molecule has 1 heterocycles. The number of rotatable bonds is 1. The Balaban J connectivity index is 0.000000312. The first-order chi connectivity index (χ1) is 8.66. The number of nitrogens with zero attached hydrogens (tertiary/aromatic N) is 1. The van der Waals surface area contributed by atoms with Gasteiger partial charge in [0.1, 0.15) is 0 Å². The van der Waals surface area contributed by atoms with Crippen LogP contribution in [-0.4, -0.2) is 0 Å². The van der Waals surface area contributed by atoms with Gasteiger partial charge < -0.3 is 0 Å². The van der Waals surface area contributed by atoms with Gasteiger partial charge in [0.15, 0.2) is 7.05 Å². The Morgan fingerprint density at radius 1 is 1.11 bits per heavy atom. The molecule has 0 unspecified atom stereocenters. The molecule has 2 rings (SSSR count). The highest BCUT2D eigenvalue weighted by atomic mass is 79.9. The molecule has 1 aromatic heterocycles. The van der Waals surface area contributed by atoms with Crippen LogP contribution in [0.1, 0.15) is 5.69 Å². The number of halogens is 2. The lowest BCUT2D eigenvalue weighted by molar-refractivity contribution is -2.00. The third kappa shape index (κ3) is 6.15. The molecule has 0 bridgehead atoms. The summed E-state index contributed by atoms with van der Waals surface area (Å²) in [5, 5.41) is 0. The predicted octanol–water partition coefficient (Wildman–Crippen LogP) is -1.91. The Morgan fingerprint density at radius 3 is 1.95 bits per heavy atom. The Bertz CT molecular complexity index is 510. The van der Waals surface area contributed by atoms with Crippen LogP contribution in [0.4, 0.5) is 0 Å². The van der Waals surface area contributed by atoms with E-state index in [1.807, 2.05) is 44.3 Å². The van der Waals surface area contributed by atoms with Gasteiger partial charge in [-0.1, -0.05) is 15.9 Å². The summed E-state index contributed by atoms with van der Waals surface area (Å²) in [5.74, 6) is 0.900. The lowest BCUT2D eigenvalue weighted by Crippen LogP contribution is -2.68. The van der Waals surface area contributed by atoms with Crippen LogP contribution in [0.2, 0.25) is 0 Å². The van der Waals surface area contributed by atoms with Gasteiger partial charge in [0.2, 0.25) is 11.5 Å². The Kier molecular flexibility index (Phi) is 5.48. The number of benzene rings is 1. The Labute approximate surface area is 120 Å². The molecule has 6 nitrogen and oxygen atoms in total. The van der Waals surface area contributed by atoms with E-state index >= 15 is 0 Å². The first-order valence-corrected chi connectivity index (χ1v) is 7.04. The molecule has 0 fully saturated rings. The topological polar surface area (TPSA) is 109 Å². The van der Waals surface area contributed by atoms with Crippen LogP contribution in [0.25, 0.3) is 11.3 Å². The van der Waals surface area contributed by atoms with Crippen LogP contribution in [0.3, 0.4) is 0 Å². The van der Waals surface area contributed by atoms with Crippen molar-refractivity contribution in [2.45, 2.75) is 6.92 Å². The van der Waals surface area contributed by atoms with Gasteiger partial charge in [-0.2, -0.15) is 0 Å². The zero-order chi connectivity index (χ0) is 14.6. The van der Waals surface area contributed by atoms with E-state index < -0.39 is 10.2 Å². The van der Waals surface area contributed by atoms with Gasteiger partial charge in [-0.05, 0) is 29.0 Å². The second-order valence-electron chi connectivity index (χ2n) is 3.62. The largest absolute Gasteiger partial charge is 0.236 e. The fourth-order valence-corrected chi connectivity index (χ4v) is 1.54. The van der Waals surface area contributed by atoms with Gasteiger partial charge >= 0.3 is 0 Å². The number of aryl methyl sites for hydroxylation is 2. The first-order valence-electron chi connectivity index (χ1n) is 5.01. The van der Waals surface area contributed by atoms with Gasteiger partial charge in [0.25, 0.3) is 0 Å². The molecule has 0 N–H and O–H groups in total. The summed E-state index contributed by atoms with van der Waals surface area (Å²) < 4.78 is 42.4. The summed E-state index contributed by atoms with van der Waals surface area (Å²) in [6.45, 7) is 2.02. The van der Waals surface area contributed by atoms with Crippen molar-refractivity contribution >= 4 is 15.9 Å². The smallest absolute Gasteiger partial charge is 0.228 e. The second kappa shape index (κ2) is 6.47. The fourth-order valence-electron chi connectivity index (χ4n) is 1.28. The van der Waals surface area contributed by atoms with Crippen molar-refractivity contribution in [2.24, 2.45) is 7.05 Å². The molecule has 0 amide bonds. The summed E-state index contributed by atoms with van der Waals surface area (Å²) in [7, 11) is -3.04. The van der Waals surface area contributed by atoms with Crippen LogP contribution in [0.5, 0.6) is 0 Å². The minimum absolute atomic E-state index is 0.900. The maximum absolute atomic E-state index is 8.49. The van der Waals surface area contributed by atoms with E-state index in [-0.39, 0.29) is 0 Å². The molecule has 104 valence electrons. The predicted molar refractivity (Wildman–Crippen MR) is 57.8 cm³/mol. The van der Waals surface area contributed by atoms with Crippen molar-refractivity contribution in [3.8, 4) is 11.3 Å². The summed E-state index contributed by atoms with van der Waals surface area (Å²) in [5.41, 5.74) is 2.21. The summed E-state index contributed by atoms with van der Waals surface area (Å²) in [6.07, 6.45) is 0. The quantitative estimate of drug-likeness (QED) is 0.556. The molecule has 0 aliphatic carbocycles. The third-order valence-electron chi connectivity index (χ3n) is 2.20. The minimum atomic E-state index is -4.94. The summed E-state index contributed by atoms with van der Waals surface area (Å²) in [6, 6.07) is 10.1. The average Bonchev–Trinajstić information content (AvgIpc) is 2.58. The highest BCUT2D eigenvalue weighted by Gasteiger charge is 2.12. The molecule has 0 atom stereocenters. The van der Waals surface area contributed by atoms with Crippen LogP contribution < -0.4 is 23.4 Å². The molecule has 0 aliphatic heterocycles. The normalized spacial score (nSPS) is 10.9. The van der Waals surface area contributed by atoms with Crippen molar-refractivity contribution < 1.29 is 38.1 Å². The number of hydrogen-bond acceptors (Lipinski definition) is 5. The van der Waals surface area contributed by atoms with E-state index in [9.17, 15) is 0 Å². The number of aromatic nitrogens is 1. The lowest BCUT2D eigenvalue weighted by atomic mass is 10.2. The second-order valence-corrected chi connectivity index (χ2v) is 5.30. The maximum Gasteiger partial charge on any atom is 0.228 e. The van der Waals surface area contributed by atoms with Gasteiger partial charge in [0, 0.05) is 17.0 Å². The van der Waals surface area contributed by atoms with Crippen molar-refractivity contribution in [3.05, 3.63) is 40.5 Å². The maximum atomic E-state index is 8.49. The highest BCUT2D eigenvalue weighted by Crippen LogP contribution is 2.21. The molecule has 0 radical (unpaired) electrons. The zero-order valence-corrected chi connectivity index (χ0v) is 12.5. The van der Waals surface area contributed by atoms with E-state index in [4.69, 9.17) is 23.2 Å². The third-order valence-corrected chi connectivity index (χ3v) is 2.73. The molecule has 19 heavy (non-hydrogen) atoms. The SMILES string of the molecule is Cc1cc(-c2ccc(Br)cc2)o[n+]1C.[O-][Cl+3]([O-])([O-])[O-]. The standard InChI is InChI=1S/C11H11BrNO.ClHO4/c1-8-7-11(14-13(8)2)9-3-5-10(12)6-4-9;2-1(3,4)5/h3-7H,1-2H3;(H,2,3,4,5)/q+1;/p-1. The average molecular weight is 353 g/mol. The fraction of sp³-hybridized carbons (Fsp3) is 0.182. The van der Waals surface area contributed by atoms with Crippen molar-refractivity contribution in [2.75, 3.05) is 0 Å². The lowest BCUT2D eigenvalue weighted by Gasteiger charge is -2.17. The van der Waals surface area contributed by atoms with Crippen LogP contribution in [-0.2, 0) is 7.05 Å². The molecule has 8 heteroatoms. The van der Waals surface area contributed by atoms with E-state index in [1.165, 1.54) is 0 Å². The molecular formula is C11H11BrClNO5. The highest BCUT2D eigenvalue weighted by molar-refractivity contribution is 9.10. The molecule has 2 aromatic rings. The van der Waals surface area contributed by atoms with Crippen molar-refractivity contribution in [1.82, 2.24) is 0 Å². The van der Waals surface area contributed by atoms with Crippen LogP contribution in [0.15, 0.2) is 39.3 Å². The summed E-state index contributed by atoms with van der Waals surface area (Å²) in [4.78, 5) is 0. The molecular weight excluding hydrogens is 341 g/mol. The molecule has 0 saturated heterocycles. The molecule has 0 aliphatic rings. The van der Waals surface area contributed by atoms with Crippen molar-refractivity contribution in [3.63, 3.8) is 0 Å². The van der Waals surface area contributed by atoms with Gasteiger partial charge in [-0.15, -0.1) is 10.2 Å². The molecule has 0 spiro atoms. The van der Waals surface area contributed by atoms with Crippen LogP contribution in [0, 0.1) is 17.2 Å².